The van der Waals surface area contributed by atoms with Crippen molar-refractivity contribution in [3.8, 4) is 0 Å². The minimum atomic E-state index is 0.547. The molecular formula is C15H27NS. The molecule has 1 heterocycles. The van der Waals surface area contributed by atoms with Gasteiger partial charge in [0.05, 0.1) is 0 Å². The summed E-state index contributed by atoms with van der Waals surface area (Å²) in [5.41, 5.74) is 1.46. The van der Waals surface area contributed by atoms with Crippen LogP contribution >= 0.6 is 11.3 Å². The van der Waals surface area contributed by atoms with E-state index >= 15 is 0 Å². The highest BCUT2D eigenvalue weighted by Crippen LogP contribution is 2.35. The van der Waals surface area contributed by atoms with Crippen molar-refractivity contribution in [1.29, 1.82) is 0 Å². The van der Waals surface area contributed by atoms with Gasteiger partial charge >= 0.3 is 0 Å². The Hall–Kier alpha value is -0.340. The van der Waals surface area contributed by atoms with Crippen LogP contribution in [0, 0.1) is 19.8 Å². The van der Waals surface area contributed by atoms with E-state index in [0.717, 1.165) is 5.92 Å². The summed E-state index contributed by atoms with van der Waals surface area (Å²) in [6.45, 7) is 9.05. The molecule has 2 atom stereocenters. The van der Waals surface area contributed by atoms with Gasteiger partial charge < -0.3 is 5.32 Å². The van der Waals surface area contributed by atoms with Crippen LogP contribution in [0.4, 0.5) is 0 Å². The van der Waals surface area contributed by atoms with Gasteiger partial charge in [-0.25, -0.2) is 0 Å². The van der Waals surface area contributed by atoms with Gasteiger partial charge in [0.1, 0.15) is 0 Å². The number of unbranched alkanes of at least 4 members (excludes halogenated alkanes) is 1. The van der Waals surface area contributed by atoms with E-state index in [1.54, 1.807) is 4.88 Å². The molecule has 0 amide bonds. The number of aryl methyl sites for hydroxylation is 2. The minimum absolute atomic E-state index is 0.547. The van der Waals surface area contributed by atoms with E-state index in [1.165, 1.54) is 36.1 Å². The lowest BCUT2D eigenvalue weighted by Gasteiger charge is -2.26. The van der Waals surface area contributed by atoms with Crippen molar-refractivity contribution in [3.05, 3.63) is 21.4 Å². The lowest BCUT2D eigenvalue weighted by molar-refractivity contribution is 0.342. The number of hydrogen-bond acceptors (Lipinski definition) is 2. The average molecular weight is 253 g/mol. The van der Waals surface area contributed by atoms with E-state index in [4.69, 9.17) is 0 Å². The molecule has 0 spiro atoms. The highest BCUT2D eigenvalue weighted by molar-refractivity contribution is 7.12. The van der Waals surface area contributed by atoms with E-state index < -0.39 is 0 Å². The number of rotatable bonds is 7. The first-order valence-electron chi connectivity index (χ1n) is 6.88. The highest BCUT2D eigenvalue weighted by atomic mass is 32.1. The summed E-state index contributed by atoms with van der Waals surface area (Å²) in [6, 6.07) is 2.86. The first-order valence-corrected chi connectivity index (χ1v) is 7.69. The molecule has 17 heavy (non-hydrogen) atoms. The zero-order chi connectivity index (χ0) is 12.8. The van der Waals surface area contributed by atoms with E-state index in [9.17, 15) is 0 Å². The molecule has 0 fully saturated rings. The van der Waals surface area contributed by atoms with Crippen LogP contribution in [-0.2, 0) is 0 Å². The van der Waals surface area contributed by atoms with Gasteiger partial charge in [-0.15, -0.1) is 11.3 Å². The van der Waals surface area contributed by atoms with Gasteiger partial charge in [0.2, 0.25) is 0 Å². The molecule has 1 N–H and O–H groups in total. The van der Waals surface area contributed by atoms with Crippen LogP contribution in [0.2, 0.25) is 0 Å². The summed E-state index contributed by atoms with van der Waals surface area (Å²) in [5, 5.41) is 3.54. The Balaban J connectivity index is 2.84. The van der Waals surface area contributed by atoms with Gasteiger partial charge in [0, 0.05) is 15.8 Å². The Labute approximate surface area is 111 Å². The molecule has 0 aliphatic carbocycles. The summed E-state index contributed by atoms with van der Waals surface area (Å²) >= 11 is 1.96. The molecule has 1 rings (SSSR count). The first-order chi connectivity index (χ1) is 8.13. The van der Waals surface area contributed by atoms with Crippen LogP contribution in [0.5, 0.6) is 0 Å². The topological polar surface area (TPSA) is 12.0 Å². The summed E-state index contributed by atoms with van der Waals surface area (Å²) < 4.78 is 0. The Morgan fingerprint density at radius 2 is 2.00 bits per heavy atom. The van der Waals surface area contributed by atoms with Crippen LogP contribution in [-0.4, -0.2) is 7.05 Å². The fourth-order valence-corrected chi connectivity index (χ4v) is 3.86. The molecule has 0 bridgehead atoms. The van der Waals surface area contributed by atoms with E-state index in [2.05, 4.69) is 46.1 Å². The Morgan fingerprint density at radius 1 is 1.29 bits per heavy atom. The molecule has 0 aliphatic heterocycles. The molecule has 1 aromatic heterocycles. The zero-order valence-electron chi connectivity index (χ0n) is 12.0. The molecule has 2 unspecified atom stereocenters. The monoisotopic (exact) mass is 253 g/mol. The van der Waals surface area contributed by atoms with E-state index in [-0.39, 0.29) is 0 Å². The number of thiophene rings is 1. The quantitative estimate of drug-likeness (QED) is 0.733. The van der Waals surface area contributed by atoms with Gasteiger partial charge in [-0.3, -0.25) is 0 Å². The minimum Gasteiger partial charge on any atom is -0.312 e. The molecule has 0 saturated heterocycles. The number of hydrogen-bond donors (Lipinski definition) is 1. The first kappa shape index (κ1) is 14.7. The Kier molecular flexibility index (Phi) is 6.21. The van der Waals surface area contributed by atoms with Crippen LogP contribution < -0.4 is 5.32 Å². The molecule has 0 radical (unpaired) electrons. The molecular weight excluding hydrogens is 226 g/mol. The Bertz CT molecular complexity index is 330. The molecule has 1 aromatic rings. The average Bonchev–Trinajstić information content (AvgIpc) is 2.63. The van der Waals surface area contributed by atoms with Gasteiger partial charge in [-0.2, -0.15) is 0 Å². The second kappa shape index (κ2) is 7.17. The highest BCUT2D eigenvalue weighted by Gasteiger charge is 2.22. The lowest BCUT2D eigenvalue weighted by Crippen LogP contribution is -2.24. The second-order valence-electron chi connectivity index (χ2n) is 4.98. The molecule has 98 valence electrons. The summed E-state index contributed by atoms with van der Waals surface area (Å²) in [7, 11) is 2.10. The third kappa shape index (κ3) is 3.82. The lowest BCUT2D eigenvalue weighted by atomic mass is 9.89. The standard InChI is InChI=1S/C15H27NS/c1-6-8-9-13(7-2)14(16-5)15-11(3)10-12(4)17-15/h10,13-14,16H,6-9H2,1-5H3. The predicted octanol–water partition coefficient (Wildman–Crippen LogP) is 4.84. The van der Waals surface area contributed by atoms with E-state index in [0.29, 0.717) is 6.04 Å². The fourth-order valence-electron chi connectivity index (χ4n) is 2.62. The SMILES string of the molecule is CCCCC(CC)C(NC)c1sc(C)cc1C. The van der Waals surface area contributed by atoms with Gasteiger partial charge in [-0.05, 0) is 44.9 Å². The number of nitrogens with one attached hydrogen (secondary N) is 1. The van der Waals surface area contributed by atoms with Crippen molar-refractivity contribution in [2.24, 2.45) is 5.92 Å². The van der Waals surface area contributed by atoms with Crippen molar-refractivity contribution in [1.82, 2.24) is 5.32 Å². The van der Waals surface area contributed by atoms with Gasteiger partial charge in [0.15, 0.2) is 0 Å². The van der Waals surface area contributed by atoms with Crippen LogP contribution in [0.1, 0.15) is 60.9 Å². The maximum absolute atomic E-state index is 3.54. The van der Waals surface area contributed by atoms with Crippen molar-refractivity contribution < 1.29 is 0 Å². The van der Waals surface area contributed by atoms with Crippen LogP contribution in [0.15, 0.2) is 6.07 Å². The summed E-state index contributed by atoms with van der Waals surface area (Å²) in [5.74, 6) is 0.775. The largest absolute Gasteiger partial charge is 0.312 e. The van der Waals surface area contributed by atoms with Crippen molar-refractivity contribution >= 4 is 11.3 Å². The third-order valence-electron chi connectivity index (χ3n) is 3.60. The van der Waals surface area contributed by atoms with E-state index in [1.807, 2.05) is 11.3 Å². The van der Waals surface area contributed by atoms with Gasteiger partial charge in [0.25, 0.3) is 0 Å². The zero-order valence-corrected chi connectivity index (χ0v) is 12.8. The van der Waals surface area contributed by atoms with Crippen molar-refractivity contribution in [2.45, 2.75) is 59.4 Å². The van der Waals surface area contributed by atoms with Gasteiger partial charge in [-0.1, -0.05) is 33.1 Å². The normalized spacial score (nSPS) is 14.9. The summed E-state index contributed by atoms with van der Waals surface area (Å²) in [6.07, 6.45) is 5.26. The van der Waals surface area contributed by atoms with Crippen molar-refractivity contribution in [2.75, 3.05) is 7.05 Å². The Morgan fingerprint density at radius 3 is 2.41 bits per heavy atom. The maximum Gasteiger partial charge on any atom is 0.0443 e. The molecule has 0 saturated carbocycles. The molecule has 2 heteroatoms. The smallest absolute Gasteiger partial charge is 0.0443 e. The van der Waals surface area contributed by atoms with Crippen molar-refractivity contribution in [3.63, 3.8) is 0 Å². The molecule has 0 aliphatic rings. The summed E-state index contributed by atoms with van der Waals surface area (Å²) in [4.78, 5) is 2.98. The van der Waals surface area contributed by atoms with Crippen LogP contribution in [0.25, 0.3) is 0 Å². The maximum atomic E-state index is 3.54. The second-order valence-corrected chi connectivity index (χ2v) is 6.27. The third-order valence-corrected chi connectivity index (χ3v) is 4.83. The molecule has 0 aromatic carbocycles. The predicted molar refractivity (Wildman–Crippen MR) is 78.9 cm³/mol. The molecule has 1 nitrogen and oxygen atoms in total. The van der Waals surface area contributed by atoms with Crippen LogP contribution in [0.3, 0.4) is 0 Å². The fraction of sp³-hybridized carbons (Fsp3) is 0.733.